The van der Waals surface area contributed by atoms with E-state index in [-0.39, 0.29) is 41.8 Å². The molecule has 1 aliphatic heterocycles. The van der Waals surface area contributed by atoms with Gasteiger partial charge in [0.15, 0.2) is 5.16 Å². The van der Waals surface area contributed by atoms with Crippen molar-refractivity contribution in [1.82, 2.24) is 25.2 Å². The molecule has 0 bridgehead atoms. The Morgan fingerprint density at radius 2 is 1.88 bits per heavy atom. The Morgan fingerprint density at radius 3 is 2.57 bits per heavy atom. The number of thioether (sulfide) groups is 1. The second-order valence-corrected chi connectivity index (χ2v) is 11.2. The van der Waals surface area contributed by atoms with Gasteiger partial charge in [0.1, 0.15) is 17.5 Å². The van der Waals surface area contributed by atoms with Gasteiger partial charge in [-0.25, -0.2) is 9.97 Å². The van der Waals surface area contributed by atoms with E-state index in [0.29, 0.717) is 46.7 Å². The quantitative estimate of drug-likeness (QED) is 0.215. The molecule has 3 aromatic rings. The molecule has 1 aliphatic rings. The van der Waals surface area contributed by atoms with Crippen molar-refractivity contribution in [3.05, 3.63) is 59.4 Å². The summed E-state index contributed by atoms with van der Waals surface area (Å²) in [4.78, 5) is 40.0. The third-order valence-electron chi connectivity index (χ3n) is 7.05. The number of likely N-dealkylation sites (tertiary alicyclic amines) is 1. The zero-order valence-electron chi connectivity index (χ0n) is 24.1. The van der Waals surface area contributed by atoms with E-state index in [2.05, 4.69) is 45.4 Å². The molecule has 2 aromatic heterocycles. The Kier molecular flexibility index (Phi) is 12.1. The highest BCUT2D eigenvalue weighted by atomic mass is 35.5. The lowest BCUT2D eigenvalue weighted by molar-refractivity contribution is -0.123. The van der Waals surface area contributed by atoms with Crippen molar-refractivity contribution >= 4 is 47.5 Å². The van der Waals surface area contributed by atoms with E-state index < -0.39 is 0 Å². The molecule has 2 amide bonds. The summed E-state index contributed by atoms with van der Waals surface area (Å²) < 4.78 is 0. The number of carbonyl (C=O) groups excluding carboxylic acids is 2. The third-order valence-corrected chi connectivity index (χ3v) is 7.93. The van der Waals surface area contributed by atoms with Crippen LogP contribution in [0.15, 0.2) is 47.6 Å². The highest BCUT2D eigenvalue weighted by molar-refractivity contribution is 7.98. The molecule has 222 valence electrons. The Morgan fingerprint density at radius 1 is 1.14 bits per heavy atom. The molecule has 10 nitrogen and oxygen atoms in total. The summed E-state index contributed by atoms with van der Waals surface area (Å²) in [5, 5.41) is 16.0. The summed E-state index contributed by atoms with van der Waals surface area (Å²) in [5.41, 5.74) is 9.75. The molecule has 0 aliphatic carbocycles. The highest BCUT2D eigenvalue weighted by Gasteiger charge is 2.24. The molecule has 2 atom stereocenters. The van der Waals surface area contributed by atoms with Gasteiger partial charge in [-0.2, -0.15) is 5.26 Å². The van der Waals surface area contributed by atoms with E-state index in [0.717, 1.165) is 17.9 Å². The number of nitrogens with zero attached hydrogens (tertiary/aromatic N) is 5. The van der Waals surface area contributed by atoms with Gasteiger partial charge in [0.2, 0.25) is 11.8 Å². The zero-order valence-corrected chi connectivity index (χ0v) is 25.7. The summed E-state index contributed by atoms with van der Waals surface area (Å²) in [6, 6.07) is 15.4. The number of benzene rings is 1. The van der Waals surface area contributed by atoms with E-state index >= 15 is 0 Å². The van der Waals surface area contributed by atoms with Gasteiger partial charge in [0, 0.05) is 48.6 Å². The van der Waals surface area contributed by atoms with Crippen molar-refractivity contribution in [2.45, 2.75) is 76.0 Å². The lowest BCUT2D eigenvalue weighted by Crippen LogP contribution is -2.51. The van der Waals surface area contributed by atoms with Crippen molar-refractivity contribution < 1.29 is 9.59 Å². The molecule has 4 rings (SSSR count). The van der Waals surface area contributed by atoms with Gasteiger partial charge < -0.3 is 16.4 Å². The number of piperidine rings is 1. The summed E-state index contributed by atoms with van der Waals surface area (Å²) in [6.45, 7) is 6.74. The van der Waals surface area contributed by atoms with Crippen molar-refractivity contribution in [3.8, 4) is 17.3 Å². The Labute approximate surface area is 257 Å². The number of hydrogen-bond acceptors (Lipinski definition) is 9. The van der Waals surface area contributed by atoms with E-state index in [9.17, 15) is 14.9 Å². The molecule has 1 fully saturated rings. The number of amides is 2. The minimum absolute atomic E-state index is 0. The van der Waals surface area contributed by atoms with Crippen LogP contribution < -0.4 is 16.4 Å². The lowest BCUT2D eigenvalue weighted by Gasteiger charge is -2.38. The number of nitriles is 1. The molecule has 0 radical (unpaired) electrons. The van der Waals surface area contributed by atoms with E-state index in [1.807, 2.05) is 18.2 Å². The average Bonchev–Trinajstić information content (AvgIpc) is 2.95. The maximum Gasteiger partial charge on any atom is 0.221 e. The molecule has 1 saturated heterocycles. The highest BCUT2D eigenvalue weighted by Crippen LogP contribution is 2.29. The van der Waals surface area contributed by atoms with Crippen molar-refractivity contribution in [1.29, 1.82) is 5.26 Å². The summed E-state index contributed by atoms with van der Waals surface area (Å²) in [6.07, 6.45) is 4.53. The van der Waals surface area contributed by atoms with Crippen LogP contribution in [0.25, 0.3) is 11.3 Å². The molecule has 2 unspecified atom stereocenters. The Hall–Kier alpha value is -3.72. The molecular formula is C30H37ClN8O2S. The van der Waals surface area contributed by atoms with Crippen molar-refractivity contribution in [2.24, 2.45) is 0 Å². The second kappa shape index (κ2) is 15.5. The Bertz CT molecular complexity index is 1430. The topological polar surface area (TPSA) is 150 Å². The largest absolute Gasteiger partial charge is 0.382 e. The third kappa shape index (κ3) is 8.89. The first-order valence-electron chi connectivity index (χ1n) is 13.8. The fraction of sp³-hybridized carbons (Fsp3) is 0.400. The van der Waals surface area contributed by atoms with Crippen LogP contribution in [-0.4, -0.2) is 50.4 Å². The normalized spacial score (nSPS) is 15.6. The Balaban J connectivity index is 0.00000484. The minimum atomic E-state index is -0.168. The second-order valence-electron chi connectivity index (χ2n) is 10.2. The molecule has 3 heterocycles. The van der Waals surface area contributed by atoms with Gasteiger partial charge in [0.05, 0.1) is 17.6 Å². The first-order chi connectivity index (χ1) is 19.7. The first kappa shape index (κ1) is 32.8. The smallest absolute Gasteiger partial charge is 0.221 e. The number of halogens is 1. The van der Waals surface area contributed by atoms with Crippen LogP contribution in [0.5, 0.6) is 0 Å². The molecule has 42 heavy (non-hydrogen) atoms. The standard InChI is InChI=1S/C30H36N8O2S.ClH/c1-19-7-4-5-16-38(19)20(2)33-27(40)15-14-23-8-6-9-25(35-23)18-41-30-36-28(26(17-31)29(32)37-30)22-10-12-24(13-11-22)34-21(3)39;/h6,8-13,19-20H,4-5,7,14-16,18H2,1-3H3,(H,33,40)(H,34,39)(H2,32,36,37);1H. The molecule has 12 heteroatoms. The maximum absolute atomic E-state index is 12.6. The van der Waals surface area contributed by atoms with Crippen LogP contribution in [-0.2, 0) is 21.8 Å². The predicted octanol–water partition coefficient (Wildman–Crippen LogP) is 4.93. The SMILES string of the molecule is CC(=O)Nc1ccc(-c2nc(SCc3cccc(CCC(=O)NC(C)N4CCCCC4C)n3)nc(N)c2C#N)cc1.Cl. The van der Waals surface area contributed by atoms with Gasteiger partial charge in [-0.15, -0.1) is 12.4 Å². The van der Waals surface area contributed by atoms with E-state index in [1.54, 1.807) is 24.3 Å². The molecule has 0 saturated carbocycles. The number of aromatic nitrogens is 3. The average molecular weight is 609 g/mol. The van der Waals surface area contributed by atoms with Crippen molar-refractivity contribution in [3.63, 3.8) is 0 Å². The number of anilines is 2. The summed E-state index contributed by atoms with van der Waals surface area (Å²) >= 11 is 1.37. The number of pyridine rings is 1. The molecular weight excluding hydrogens is 572 g/mol. The van der Waals surface area contributed by atoms with Crippen LogP contribution in [0.1, 0.15) is 63.4 Å². The summed E-state index contributed by atoms with van der Waals surface area (Å²) in [5.74, 6) is 0.456. The van der Waals surface area contributed by atoms with Crippen LogP contribution in [0.4, 0.5) is 11.5 Å². The van der Waals surface area contributed by atoms with Crippen LogP contribution >= 0.6 is 24.2 Å². The van der Waals surface area contributed by atoms with Crippen LogP contribution in [0.2, 0.25) is 0 Å². The van der Waals surface area contributed by atoms with Crippen LogP contribution in [0.3, 0.4) is 0 Å². The van der Waals surface area contributed by atoms with Gasteiger partial charge in [-0.3, -0.25) is 19.5 Å². The monoisotopic (exact) mass is 608 g/mol. The number of aryl methyl sites for hydroxylation is 1. The fourth-order valence-corrected chi connectivity index (χ4v) is 5.72. The van der Waals surface area contributed by atoms with Crippen LogP contribution in [0, 0.1) is 11.3 Å². The zero-order chi connectivity index (χ0) is 29.4. The summed E-state index contributed by atoms with van der Waals surface area (Å²) in [7, 11) is 0. The fourth-order valence-electron chi connectivity index (χ4n) is 4.97. The van der Waals surface area contributed by atoms with Gasteiger partial charge in [-0.1, -0.05) is 36.4 Å². The number of nitrogens with one attached hydrogen (secondary N) is 2. The van der Waals surface area contributed by atoms with Gasteiger partial charge >= 0.3 is 0 Å². The number of nitrogen functional groups attached to an aromatic ring is 1. The van der Waals surface area contributed by atoms with E-state index in [4.69, 9.17) is 10.7 Å². The first-order valence-corrected chi connectivity index (χ1v) is 14.8. The number of rotatable bonds is 10. The van der Waals surface area contributed by atoms with Crippen molar-refractivity contribution in [2.75, 3.05) is 17.6 Å². The minimum Gasteiger partial charge on any atom is -0.382 e. The predicted molar refractivity (Wildman–Crippen MR) is 168 cm³/mol. The lowest BCUT2D eigenvalue weighted by atomic mass is 10.0. The van der Waals surface area contributed by atoms with Gasteiger partial charge in [0.25, 0.3) is 0 Å². The van der Waals surface area contributed by atoms with E-state index in [1.165, 1.54) is 37.9 Å². The number of carbonyl (C=O) groups is 2. The maximum atomic E-state index is 12.6. The molecule has 4 N–H and O–H groups in total. The molecule has 0 spiro atoms. The van der Waals surface area contributed by atoms with Gasteiger partial charge in [-0.05, 0) is 57.4 Å². The number of hydrogen-bond donors (Lipinski definition) is 3. The number of nitrogens with two attached hydrogens (primary N) is 1. The molecule has 1 aromatic carbocycles.